The van der Waals surface area contributed by atoms with E-state index in [-0.39, 0.29) is 12.5 Å². The second-order valence-electron chi connectivity index (χ2n) is 4.39. The maximum Gasteiger partial charge on any atom is 0.311 e. The van der Waals surface area contributed by atoms with Crippen molar-refractivity contribution >= 4 is 17.7 Å². The van der Waals surface area contributed by atoms with Gasteiger partial charge in [-0.3, -0.25) is 14.4 Å². The third-order valence-corrected chi connectivity index (χ3v) is 2.59. The molecule has 1 aromatic carbocycles. The SMILES string of the molecule is CC(=O)NCCNC(=O)C(=O)N(C)Cc1ccccc1. The van der Waals surface area contributed by atoms with Gasteiger partial charge in [0.2, 0.25) is 5.91 Å². The van der Waals surface area contributed by atoms with E-state index in [1.807, 2.05) is 30.3 Å². The summed E-state index contributed by atoms with van der Waals surface area (Å²) in [5.74, 6) is -1.45. The Labute approximate surface area is 118 Å². The van der Waals surface area contributed by atoms with Crippen LogP contribution in [0, 0.1) is 0 Å². The van der Waals surface area contributed by atoms with Gasteiger partial charge in [0.1, 0.15) is 0 Å². The van der Waals surface area contributed by atoms with Gasteiger partial charge in [-0.25, -0.2) is 0 Å². The Balaban J connectivity index is 2.36. The van der Waals surface area contributed by atoms with Gasteiger partial charge in [0.25, 0.3) is 0 Å². The highest BCUT2D eigenvalue weighted by molar-refractivity contribution is 6.34. The Morgan fingerprint density at radius 1 is 1.05 bits per heavy atom. The van der Waals surface area contributed by atoms with E-state index in [1.54, 1.807) is 7.05 Å². The summed E-state index contributed by atoms with van der Waals surface area (Å²) in [6, 6.07) is 9.42. The molecule has 6 nitrogen and oxygen atoms in total. The molecule has 1 aromatic rings. The summed E-state index contributed by atoms with van der Waals surface area (Å²) in [6.45, 7) is 2.29. The smallest absolute Gasteiger partial charge is 0.311 e. The van der Waals surface area contributed by atoms with E-state index in [4.69, 9.17) is 0 Å². The van der Waals surface area contributed by atoms with Gasteiger partial charge in [0.15, 0.2) is 0 Å². The first-order chi connectivity index (χ1) is 9.50. The minimum atomic E-state index is -0.672. The van der Waals surface area contributed by atoms with Gasteiger partial charge in [-0.15, -0.1) is 0 Å². The second-order valence-corrected chi connectivity index (χ2v) is 4.39. The highest BCUT2D eigenvalue weighted by Gasteiger charge is 2.17. The van der Waals surface area contributed by atoms with E-state index in [1.165, 1.54) is 11.8 Å². The van der Waals surface area contributed by atoms with Crippen LogP contribution in [0.5, 0.6) is 0 Å². The summed E-state index contributed by atoms with van der Waals surface area (Å²) in [7, 11) is 1.57. The lowest BCUT2D eigenvalue weighted by atomic mass is 10.2. The zero-order chi connectivity index (χ0) is 15.0. The quantitative estimate of drug-likeness (QED) is 0.582. The molecule has 6 heteroatoms. The summed E-state index contributed by atoms with van der Waals surface area (Å²) in [5, 5.41) is 4.99. The monoisotopic (exact) mass is 277 g/mol. The van der Waals surface area contributed by atoms with Gasteiger partial charge in [-0.2, -0.15) is 0 Å². The molecule has 0 fully saturated rings. The zero-order valence-corrected chi connectivity index (χ0v) is 11.7. The van der Waals surface area contributed by atoms with Crippen molar-refractivity contribution in [2.75, 3.05) is 20.1 Å². The molecule has 20 heavy (non-hydrogen) atoms. The van der Waals surface area contributed by atoms with E-state index in [9.17, 15) is 14.4 Å². The minimum absolute atomic E-state index is 0.174. The van der Waals surface area contributed by atoms with Crippen molar-refractivity contribution in [3.8, 4) is 0 Å². The number of hydrogen-bond acceptors (Lipinski definition) is 3. The number of rotatable bonds is 5. The first kappa shape index (κ1) is 15.7. The van der Waals surface area contributed by atoms with Crippen LogP contribution in [0.4, 0.5) is 0 Å². The lowest BCUT2D eigenvalue weighted by molar-refractivity contribution is -0.145. The Morgan fingerprint density at radius 2 is 1.65 bits per heavy atom. The number of amides is 3. The molecule has 0 aliphatic rings. The van der Waals surface area contributed by atoms with Crippen LogP contribution in [-0.4, -0.2) is 42.8 Å². The van der Waals surface area contributed by atoms with Gasteiger partial charge >= 0.3 is 11.8 Å². The molecule has 1 rings (SSSR count). The number of benzene rings is 1. The minimum Gasteiger partial charge on any atom is -0.355 e. The largest absolute Gasteiger partial charge is 0.355 e. The third kappa shape index (κ3) is 5.51. The summed E-state index contributed by atoms with van der Waals surface area (Å²) in [4.78, 5) is 35.4. The molecular weight excluding hydrogens is 258 g/mol. The molecule has 108 valence electrons. The molecular formula is C14H19N3O3. The first-order valence-electron chi connectivity index (χ1n) is 6.32. The predicted octanol–water partition coefficient (Wildman–Crippen LogP) is -0.103. The first-order valence-corrected chi connectivity index (χ1v) is 6.32. The molecule has 0 atom stereocenters. The molecule has 0 unspecified atom stereocenters. The van der Waals surface area contributed by atoms with Crippen LogP contribution in [0.3, 0.4) is 0 Å². The Bertz CT molecular complexity index is 474. The molecule has 0 bridgehead atoms. The molecule has 0 aromatic heterocycles. The van der Waals surface area contributed by atoms with Crippen molar-refractivity contribution in [3.05, 3.63) is 35.9 Å². The average molecular weight is 277 g/mol. The predicted molar refractivity (Wildman–Crippen MR) is 74.6 cm³/mol. The summed E-state index contributed by atoms with van der Waals surface area (Å²) in [6.07, 6.45) is 0. The normalized spacial score (nSPS) is 9.70. The van der Waals surface area contributed by atoms with Gasteiger partial charge in [0, 0.05) is 33.6 Å². The highest BCUT2D eigenvalue weighted by Crippen LogP contribution is 2.02. The standard InChI is InChI=1S/C14H19N3O3/c1-11(18)15-8-9-16-13(19)14(20)17(2)10-12-6-4-3-5-7-12/h3-7H,8-10H2,1-2H3,(H,15,18)(H,16,19). The van der Waals surface area contributed by atoms with Crippen LogP contribution in [0.15, 0.2) is 30.3 Å². The lowest BCUT2D eigenvalue weighted by Crippen LogP contribution is -2.43. The van der Waals surface area contributed by atoms with Crippen molar-refractivity contribution < 1.29 is 14.4 Å². The average Bonchev–Trinajstić information content (AvgIpc) is 2.43. The van der Waals surface area contributed by atoms with Gasteiger partial charge in [-0.05, 0) is 5.56 Å². The van der Waals surface area contributed by atoms with Crippen LogP contribution in [0.1, 0.15) is 12.5 Å². The number of hydrogen-bond donors (Lipinski definition) is 2. The van der Waals surface area contributed by atoms with Crippen molar-refractivity contribution in [1.82, 2.24) is 15.5 Å². The maximum absolute atomic E-state index is 11.8. The number of nitrogens with one attached hydrogen (secondary N) is 2. The zero-order valence-electron chi connectivity index (χ0n) is 11.7. The Morgan fingerprint density at radius 3 is 2.25 bits per heavy atom. The molecule has 3 amide bonds. The third-order valence-electron chi connectivity index (χ3n) is 2.59. The molecule has 0 aliphatic heterocycles. The fourth-order valence-electron chi connectivity index (χ4n) is 1.59. The van der Waals surface area contributed by atoms with E-state index in [0.717, 1.165) is 5.56 Å². The Kier molecular flexibility index (Phi) is 6.22. The maximum atomic E-state index is 11.8. The second kappa shape index (κ2) is 7.93. The van der Waals surface area contributed by atoms with Crippen molar-refractivity contribution in [3.63, 3.8) is 0 Å². The highest BCUT2D eigenvalue weighted by atomic mass is 16.2. The number of likely N-dealkylation sites (N-methyl/N-ethyl adjacent to an activating group) is 1. The number of nitrogens with zero attached hydrogens (tertiary/aromatic N) is 1. The van der Waals surface area contributed by atoms with Crippen LogP contribution in [0.2, 0.25) is 0 Å². The van der Waals surface area contributed by atoms with Gasteiger partial charge < -0.3 is 15.5 Å². The van der Waals surface area contributed by atoms with Gasteiger partial charge in [0.05, 0.1) is 0 Å². The van der Waals surface area contributed by atoms with Crippen LogP contribution in [-0.2, 0) is 20.9 Å². The van der Waals surface area contributed by atoms with Crippen LogP contribution >= 0.6 is 0 Å². The van der Waals surface area contributed by atoms with Crippen LogP contribution in [0.25, 0.3) is 0 Å². The summed E-state index contributed by atoms with van der Waals surface area (Å²) < 4.78 is 0. The topological polar surface area (TPSA) is 78.5 Å². The van der Waals surface area contributed by atoms with Gasteiger partial charge in [-0.1, -0.05) is 30.3 Å². The van der Waals surface area contributed by atoms with E-state index in [2.05, 4.69) is 10.6 Å². The van der Waals surface area contributed by atoms with Crippen molar-refractivity contribution in [2.24, 2.45) is 0 Å². The molecule has 2 N–H and O–H groups in total. The van der Waals surface area contributed by atoms with E-state index >= 15 is 0 Å². The Hall–Kier alpha value is -2.37. The molecule has 0 saturated carbocycles. The lowest BCUT2D eigenvalue weighted by Gasteiger charge is -2.16. The number of carbonyl (C=O) groups is 3. The van der Waals surface area contributed by atoms with Crippen molar-refractivity contribution in [1.29, 1.82) is 0 Å². The summed E-state index contributed by atoms with van der Waals surface area (Å²) in [5.41, 5.74) is 0.953. The van der Waals surface area contributed by atoms with E-state index in [0.29, 0.717) is 13.1 Å². The fraction of sp³-hybridized carbons (Fsp3) is 0.357. The van der Waals surface area contributed by atoms with Crippen molar-refractivity contribution in [2.45, 2.75) is 13.5 Å². The molecule has 0 saturated heterocycles. The molecule has 0 aliphatic carbocycles. The molecule has 0 heterocycles. The summed E-state index contributed by atoms with van der Waals surface area (Å²) >= 11 is 0. The molecule has 0 radical (unpaired) electrons. The number of carbonyl (C=O) groups excluding carboxylic acids is 3. The van der Waals surface area contributed by atoms with Crippen LogP contribution < -0.4 is 10.6 Å². The fourth-order valence-corrected chi connectivity index (χ4v) is 1.59. The van der Waals surface area contributed by atoms with E-state index < -0.39 is 11.8 Å². The molecule has 0 spiro atoms.